The number of ether oxygens (including phenoxy) is 1. The first-order valence-electron chi connectivity index (χ1n) is 5.27. The van der Waals surface area contributed by atoms with Crippen molar-refractivity contribution in [3.63, 3.8) is 0 Å². The predicted molar refractivity (Wildman–Crippen MR) is 66.7 cm³/mol. The quantitative estimate of drug-likeness (QED) is 0.815. The summed E-state index contributed by atoms with van der Waals surface area (Å²) in [5, 5.41) is 7.47. The monoisotopic (exact) mass is 272 g/mol. The number of aryl methyl sites for hydroxylation is 1. The van der Waals surface area contributed by atoms with Crippen molar-refractivity contribution in [2.75, 3.05) is 7.05 Å². The number of hydrogen-bond donors (Lipinski definition) is 2. The molecule has 0 fully saturated rings. The number of benzene rings is 1. The molecule has 7 heteroatoms. The number of nitrogens with one attached hydrogen (secondary N) is 1. The number of primary sulfonamides is 1. The van der Waals surface area contributed by atoms with Gasteiger partial charge in [-0.3, -0.25) is 4.79 Å². The minimum atomic E-state index is -3.73. The van der Waals surface area contributed by atoms with Crippen molar-refractivity contribution in [2.24, 2.45) is 5.14 Å². The van der Waals surface area contributed by atoms with Gasteiger partial charge in [-0.15, -0.1) is 0 Å². The number of carbonyl (C=O) groups is 1. The molecular formula is C11H16N2O4S. The van der Waals surface area contributed by atoms with Crippen LogP contribution in [0.5, 0.6) is 5.75 Å². The summed E-state index contributed by atoms with van der Waals surface area (Å²) >= 11 is 0. The van der Waals surface area contributed by atoms with E-state index in [1.54, 1.807) is 13.8 Å². The summed E-state index contributed by atoms with van der Waals surface area (Å²) < 4.78 is 27.7. The van der Waals surface area contributed by atoms with E-state index in [9.17, 15) is 13.2 Å². The molecule has 0 saturated heterocycles. The molecule has 1 atom stereocenters. The maximum Gasteiger partial charge on any atom is 0.260 e. The molecule has 6 nitrogen and oxygen atoms in total. The molecule has 0 heterocycles. The fourth-order valence-corrected chi connectivity index (χ4v) is 1.98. The third-order valence-electron chi connectivity index (χ3n) is 2.39. The Morgan fingerprint density at radius 1 is 1.44 bits per heavy atom. The van der Waals surface area contributed by atoms with Crippen molar-refractivity contribution in [1.29, 1.82) is 0 Å². The number of carbonyl (C=O) groups excluding carboxylic acids is 1. The molecule has 0 bridgehead atoms. The Kier molecular flexibility index (Phi) is 4.31. The number of rotatable bonds is 4. The predicted octanol–water partition coefficient (Wildman–Crippen LogP) is 0.156. The molecule has 0 spiro atoms. The summed E-state index contributed by atoms with van der Waals surface area (Å²) in [7, 11) is -2.21. The van der Waals surface area contributed by atoms with Crippen LogP contribution < -0.4 is 15.2 Å². The topological polar surface area (TPSA) is 98.5 Å². The zero-order chi connectivity index (χ0) is 13.9. The SMILES string of the molecule is CNC(=O)C(C)Oc1ccc(S(N)(=O)=O)cc1C. The maximum atomic E-state index is 11.3. The van der Waals surface area contributed by atoms with E-state index in [2.05, 4.69) is 5.32 Å². The van der Waals surface area contributed by atoms with Crippen LogP contribution in [0.3, 0.4) is 0 Å². The standard InChI is InChI=1S/C11H16N2O4S/c1-7-6-9(18(12,15)16)4-5-10(7)17-8(2)11(14)13-3/h4-6,8H,1-3H3,(H,13,14)(H2,12,15,16). The van der Waals surface area contributed by atoms with E-state index in [-0.39, 0.29) is 10.8 Å². The molecule has 0 aliphatic heterocycles. The third kappa shape index (κ3) is 3.44. The highest BCUT2D eigenvalue weighted by Gasteiger charge is 2.15. The van der Waals surface area contributed by atoms with Crippen molar-refractivity contribution in [1.82, 2.24) is 5.32 Å². The van der Waals surface area contributed by atoms with Gasteiger partial charge in [0.25, 0.3) is 5.91 Å². The Balaban J connectivity index is 2.97. The van der Waals surface area contributed by atoms with Crippen molar-refractivity contribution in [3.8, 4) is 5.75 Å². The number of likely N-dealkylation sites (N-methyl/N-ethyl adjacent to an activating group) is 1. The highest BCUT2D eigenvalue weighted by molar-refractivity contribution is 7.89. The smallest absolute Gasteiger partial charge is 0.260 e. The second-order valence-corrected chi connectivity index (χ2v) is 5.41. The lowest BCUT2D eigenvalue weighted by Crippen LogP contribution is -2.33. The first-order valence-corrected chi connectivity index (χ1v) is 6.82. The fourth-order valence-electron chi connectivity index (χ4n) is 1.38. The summed E-state index contributed by atoms with van der Waals surface area (Å²) in [5.74, 6) is 0.184. The Labute approximate surface area is 106 Å². The lowest BCUT2D eigenvalue weighted by atomic mass is 10.2. The second-order valence-electron chi connectivity index (χ2n) is 3.85. The van der Waals surface area contributed by atoms with E-state index >= 15 is 0 Å². The number of sulfonamides is 1. The average Bonchev–Trinajstić information content (AvgIpc) is 2.29. The molecule has 1 aromatic carbocycles. The van der Waals surface area contributed by atoms with Crippen LogP contribution in [0.2, 0.25) is 0 Å². The molecule has 0 saturated carbocycles. The summed E-state index contributed by atoms with van der Waals surface area (Å²) in [4.78, 5) is 11.3. The van der Waals surface area contributed by atoms with Crippen LogP contribution in [0, 0.1) is 6.92 Å². The summed E-state index contributed by atoms with van der Waals surface area (Å²) in [6, 6.07) is 4.23. The van der Waals surface area contributed by atoms with Crippen LogP contribution in [-0.4, -0.2) is 27.5 Å². The largest absolute Gasteiger partial charge is 0.481 e. The molecular weight excluding hydrogens is 256 g/mol. The van der Waals surface area contributed by atoms with Crippen LogP contribution >= 0.6 is 0 Å². The Hall–Kier alpha value is -1.60. The van der Waals surface area contributed by atoms with E-state index < -0.39 is 16.1 Å². The van der Waals surface area contributed by atoms with Gasteiger partial charge in [-0.1, -0.05) is 0 Å². The van der Waals surface area contributed by atoms with E-state index in [1.807, 2.05) is 0 Å². The Morgan fingerprint density at radius 2 is 2.06 bits per heavy atom. The maximum absolute atomic E-state index is 11.3. The minimum Gasteiger partial charge on any atom is -0.481 e. The van der Waals surface area contributed by atoms with Gasteiger partial charge in [0.1, 0.15) is 5.75 Å². The normalized spacial score (nSPS) is 12.9. The molecule has 0 radical (unpaired) electrons. The van der Waals surface area contributed by atoms with Gasteiger partial charge in [0.05, 0.1) is 4.90 Å². The Morgan fingerprint density at radius 3 is 2.50 bits per heavy atom. The van der Waals surface area contributed by atoms with Gasteiger partial charge >= 0.3 is 0 Å². The summed E-state index contributed by atoms with van der Waals surface area (Å²) in [6.45, 7) is 3.28. The summed E-state index contributed by atoms with van der Waals surface area (Å²) in [5.41, 5.74) is 0.595. The molecule has 100 valence electrons. The molecule has 1 amide bonds. The molecule has 3 N–H and O–H groups in total. The zero-order valence-electron chi connectivity index (χ0n) is 10.4. The fraction of sp³-hybridized carbons (Fsp3) is 0.364. The van der Waals surface area contributed by atoms with Crippen molar-refractivity contribution in [3.05, 3.63) is 23.8 Å². The zero-order valence-corrected chi connectivity index (χ0v) is 11.2. The van der Waals surface area contributed by atoms with Gasteiger partial charge in [-0.2, -0.15) is 0 Å². The van der Waals surface area contributed by atoms with Crippen molar-refractivity contribution < 1.29 is 17.9 Å². The molecule has 1 rings (SSSR count). The van der Waals surface area contributed by atoms with E-state index in [0.29, 0.717) is 11.3 Å². The van der Waals surface area contributed by atoms with Crippen LogP contribution in [0.15, 0.2) is 23.1 Å². The first-order chi connectivity index (χ1) is 8.25. The van der Waals surface area contributed by atoms with Gasteiger partial charge in [0, 0.05) is 7.05 Å². The van der Waals surface area contributed by atoms with Crippen LogP contribution in [0.1, 0.15) is 12.5 Å². The van der Waals surface area contributed by atoms with E-state index in [4.69, 9.17) is 9.88 Å². The molecule has 18 heavy (non-hydrogen) atoms. The Bertz CT molecular complexity index is 554. The number of nitrogens with two attached hydrogens (primary N) is 1. The van der Waals surface area contributed by atoms with E-state index in [1.165, 1.54) is 25.2 Å². The van der Waals surface area contributed by atoms with Gasteiger partial charge in [-0.25, -0.2) is 13.6 Å². The second kappa shape index (κ2) is 5.36. The number of hydrogen-bond acceptors (Lipinski definition) is 4. The van der Waals surface area contributed by atoms with Crippen molar-refractivity contribution in [2.45, 2.75) is 24.8 Å². The highest BCUT2D eigenvalue weighted by atomic mass is 32.2. The van der Waals surface area contributed by atoms with Crippen LogP contribution in [-0.2, 0) is 14.8 Å². The highest BCUT2D eigenvalue weighted by Crippen LogP contribution is 2.22. The summed E-state index contributed by atoms with van der Waals surface area (Å²) in [6.07, 6.45) is -0.658. The number of amides is 1. The molecule has 1 aromatic rings. The van der Waals surface area contributed by atoms with Gasteiger partial charge < -0.3 is 10.1 Å². The van der Waals surface area contributed by atoms with Crippen molar-refractivity contribution >= 4 is 15.9 Å². The van der Waals surface area contributed by atoms with E-state index in [0.717, 1.165) is 0 Å². The van der Waals surface area contributed by atoms with Crippen LogP contribution in [0.25, 0.3) is 0 Å². The first kappa shape index (κ1) is 14.5. The third-order valence-corrected chi connectivity index (χ3v) is 3.31. The molecule has 1 unspecified atom stereocenters. The van der Waals surface area contributed by atoms with Gasteiger partial charge in [-0.05, 0) is 37.6 Å². The average molecular weight is 272 g/mol. The molecule has 0 aromatic heterocycles. The molecule has 0 aliphatic rings. The lowest BCUT2D eigenvalue weighted by molar-refractivity contribution is -0.126. The molecule has 0 aliphatic carbocycles. The minimum absolute atomic E-state index is 0.0138. The lowest BCUT2D eigenvalue weighted by Gasteiger charge is -2.15. The van der Waals surface area contributed by atoms with Gasteiger partial charge in [0.2, 0.25) is 10.0 Å². The van der Waals surface area contributed by atoms with Gasteiger partial charge in [0.15, 0.2) is 6.10 Å². The van der Waals surface area contributed by atoms with Crippen LogP contribution in [0.4, 0.5) is 0 Å².